The summed E-state index contributed by atoms with van der Waals surface area (Å²) in [5.41, 5.74) is 2.55. The van der Waals surface area contributed by atoms with Gasteiger partial charge in [-0.3, -0.25) is 9.78 Å². The predicted molar refractivity (Wildman–Crippen MR) is 104 cm³/mol. The summed E-state index contributed by atoms with van der Waals surface area (Å²) in [6, 6.07) is 8.87. The van der Waals surface area contributed by atoms with E-state index in [1.54, 1.807) is 31.4 Å². The van der Waals surface area contributed by atoms with Crippen LogP contribution in [-0.2, 0) is 16.0 Å². The molecule has 150 valence electrons. The molecule has 1 saturated heterocycles. The van der Waals surface area contributed by atoms with Gasteiger partial charge in [0, 0.05) is 12.7 Å². The fourth-order valence-corrected chi connectivity index (χ4v) is 3.55. The largest absolute Gasteiger partial charge is 0.493 e. The van der Waals surface area contributed by atoms with Crippen LogP contribution in [0, 0.1) is 6.92 Å². The van der Waals surface area contributed by atoms with Crippen LogP contribution in [0.2, 0.25) is 0 Å². The molecule has 28 heavy (non-hydrogen) atoms. The fraction of sp³-hybridized carbons (Fsp3) is 0.429. The minimum absolute atomic E-state index is 0.0525. The number of rotatable bonds is 6. The van der Waals surface area contributed by atoms with Crippen molar-refractivity contribution in [2.24, 2.45) is 0 Å². The molecule has 0 saturated carbocycles. The van der Waals surface area contributed by atoms with Crippen LogP contribution in [0.5, 0.6) is 11.5 Å². The quantitative estimate of drug-likeness (QED) is 0.817. The number of ether oxygens (including phenoxy) is 3. The van der Waals surface area contributed by atoms with Gasteiger partial charge in [-0.2, -0.15) is 0 Å². The van der Waals surface area contributed by atoms with Gasteiger partial charge >= 0.3 is 0 Å². The number of carbonyl (C=O) groups is 1. The molecule has 1 fully saturated rings. The van der Waals surface area contributed by atoms with Crippen molar-refractivity contribution >= 4 is 5.91 Å². The Bertz CT molecular complexity index is 826. The number of aliphatic hydroxyl groups is 1. The molecule has 0 unspecified atom stereocenters. The lowest BCUT2D eigenvalue weighted by Gasteiger charge is -2.41. The number of nitrogens with zero attached hydrogens (tertiary/aromatic N) is 2. The van der Waals surface area contributed by atoms with Gasteiger partial charge in [0.1, 0.15) is 6.10 Å². The van der Waals surface area contributed by atoms with Gasteiger partial charge in [0.05, 0.1) is 45.6 Å². The highest BCUT2D eigenvalue weighted by Gasteiger charge is 2.36. The molecule has 0 aliphatic carbocycles. The van der Waals surface area contributed by atoms with Crippen LogP contribution in [0.4, 0.5) is 0 Å². The number of hydrogen-bond donors (Lipinski definition) is 1. The van der Waals surface area contributed by atoms with Gasteiger partial charge in [0.15, 0.2) is 11.5 Å². The normalized spacial score (nSPS) is 19.4. The van der Waals surface area contributed by atoms with Crippen LogP contribution in [0.15, 0.2) is 36.5 Å². The Morgan fingerprint density at radius 3 is 2.75 bits per heavy atom. The highest BCUT2D eigenvalue weighted by Crippen LogP contribution is 2.36. The Labute approximate surface area is 164 Å². The van der Waals surface area contributed by atoms with Gasteiger partial charge in [-0.05, 0) is 36.2 Å². The maximum Gasteiger partial charge on any atom is 0.229 e. The smallest absolute Gasteiger partial charge is 0.229 e. The van der Waals surface area contributed by atoms with Crippen molar-refractivity contribution in [3.8, 4) is 11.5 Å². The van der Waals surface area contributed by atoms with Crippen molar-refractivity contribution in [2.75, 3.05) is 34.0 Å². The van der Waals surface area contributed by atoms with E-state index in [9.17, 15) is 9.90 Å². The first kappa shape index (κ1) is 20.1. The summed E-state index contributed by atoms with van der Waals surface area (Å²) >= 11 is 0. The maximum atomic E-state index is 13.1. The molecule has 7 heteroatoms. The van der Waals surface area contributed by atoms with Gasteiger partial charge in [-0.25, -0.2) is 0 Å². The third-order valence-electron chi connectivity index (χ3n) is 5.04. The van der Waals surface area contributed by atoms with Gasteiger partial charge in [0.25, 0.3) is 0 Å². The van der Waals surface area contributed by atoms with Gasteiger partial charge in [0.2, 0.25) is 5.91 Å². The van der Waals surface area contributed by atoms with E-state index in [0.29, 0.717) is 24.7 Å². The third kappa shape index (κ3) is 4.10. The molecule has 1 aliphatic heterocycles. The number of hydrogen-bond acceptors (Lipinski definition) is 6. The van der Waals surface area contributed by atoms with Crippen LogP contribution < -0.4 is 9.47 Å². The molecule has 2 aromatic rings. The molecule has 7 nitrogen and oxygen atoms in total. The fourth-order valence-electron chi connectivity index (χ4n) is 3.55. The van der Waals surface area contributed by atoms with E-state index in [1.165, 1.54) is 0 Å². The average Bonchev–Trinajstić information content (AvgIpc) is 2.74. The Hall–Kier alpha value is -2.64. The first-order chi connectivity index (χ1) is 13.6. The van der Waals surface area contributed by atoms with Gasteiger partial charge < -0.3 is 24.2 Å². The molecule has 2 atom stereocenters. The van der Waals surface area contributed by atoms with Crippen LogP contribution >= 0.6 is 0 Å². The summed E-state index contributed by atoms with van der Waals surface area (Å²) in [6.07, 6.45) is 1.38. The Kier molecular flexibility index (Phi) is 6.49. The number of carbonyl (C=O) groups excluding carboxylic acids is 1. The summed E-state index contributed by atoms with van der Waals surface area (Å²) in [6.45, 7) is 2.57. The number of aliphatic hydroxyl groups excluding tert-OH is 1. The Morgan fingerprint density at radius 2 is 2.07 bits per heavy atom. The minimum atomic E-state index is -0.513. The molecule has 1 N–H and O–H groups in total. The lowest BCUT2D eigenvalue weighted by atomic mass is 9.97. The number of methoxy groups -OCH3 is 2. The average molecular weight is 386 g/mol. The minimum Gasteiger partial charge on any atom is -0.493 e. The third-order valence-corrected chi connectivity index (χ3v) is 5.04. The summed E-state index contributed by atoms with van der Waals surface area (Å²) in [5, 5.41) is 9.85. The van der Waals surface area contributed by atoms with Crippen LogP contribution in [0.3, 0.4) is 0 Å². The number of benzene rings is 1. The number of amides is 1. The predicted octanol–water partition coefficient (Wildman–Crippen LogP) is 1.91. The maximum absolute atomic E-state index is 13.1. The van der Waals surface area contributed by atoms with Crippen LogP contribution in [0.1, 0.15) is 22.9 Å². The molecule has 2 heterocycles. The second-order valence-electron chi connectivity index (χ2n) is 6.68. The number of pyridine rings is 1. The SMILES string of the molecule is COc1ccc([C@H]2[C@H](CO)OCCN2C(=O)Cc2ncccc2C)cc1OC. The summed E-state index contributed by atoms with van der Waals surface area (Å²) in [4.78, 5) is 19.2. The molecular formula is C21H26N2O5. The molecule has 1 amide bonds. The van der Waals surface area contributed by atoms with E-state index in [-0.39, 0.29) is 18.9 Å². The summed E-state index contributed by atoms with van der Waals surface area (Å²) < 4.78 is 16.5. The molecular weight excluding hydrogens is 360 g/mol. The number of morpholine rings is 1. The van der Waals surface area contributed by atoms with Crippen molar-refractivity contribution in [2.45, 2.75) is 25.5 Å². The van der Waals surface area contributed by atoms with E-state index in [4.69, 9.17) is 14.2 Å². The highest BCUT2D eigenvalue weighted by atomic mass is 16.5. The standard InChI is InChI=1S/C21H26N2O5/c1-14-5-4-8-22-16(14)12-20(25)23-9-10-28-19(13-24)21(23)15-6-7-17(26-2)18(11-15)27-3/h4-8,11,19,21,24H,9-10,12-13H2,1-3H3/t19-,21-/m0/s1. The van der Waals surface area contributed by atoms with E-state index >= 15 is 0 Å². The van der Waals surface area contributed by atoms with Gasteiger partial charge in [-0.15, -0.1) is 0 Å². The number of aromatic nitrogens is 1. The van der Waals surface area contributed by atoms with Crippen molar-refractivity contribution in [1.82, 2.24) is 9.88 Å². The van der Waals surface area contributed by atoms with Gasteiger partial charge in [-0.1, -0.05) is 12.1 Å². The lowest BCUT2D eigenvalue weighted by molar-refractivity contribution is -0.149. The zero-order chi connectivity index (χ0) is 20.1. The molecule has 0 radical (unpaired) electrons. The molecule has 3 rings (SSSR count). The van der Waals surface area contributed by atoms with Crippen molar-refractivity contribution < 1.29 is 24.1 Å². The Morgan fingerprint density at radius 1 is 1.29 bits per heavy atom. The lowest BCUT2D eigenvalue weighted by Crippen LogP contribution is -2.50. The zero-order valence-corrected chi connectivity index (χ0v) is 16.4. The van der Waals surface area contributed by atoms with E-state index in [1.807, 2.05) is 31.2 Å². The molecule has 1 aromatic carbocycles. The topological polar surface area (TPSA) is 81.1 Å². The second kappa shape index (κ2) is 9.03. The molecule has 0 bridgehead atoms. The highest BCUT2D eigenvalue weighted by molar-refractivity contribution is 5.79. The van der Waals surface area contributed by atoms with Crippen LogP contribution in [-0.4, -0.2) is 61.0 Å². The first-order valence-electron chi connectivity index (χ1n) is 9.23. The van der Waals surface area contributed by atoms with E-state index in [2.05, 4.69) is 4.98 Å². The Balaban J connectivity index is 1.92. The summed E-state index contributed by atoms with van der Waals surface area (Å²) in [5.74, 6) is 1.11. The van der Waals surface area contributed by atoms with Crippen molar-refractivity contribution in [3.63, 3.8) is 0 Å². The zero-order valence-electron chi connectivity index (χ0n) is 16.4. The molecule has 1 aromatic heterocycles. The number of aryl methyl sites for hydroxylation is 1. The molecule has 1 aliphatic rings. The monoisotopic (exact) mass is 386 g/mol. The summed E-state index contributed by atoms with van der Waals surface area (Å²) in [7, 11) is 3.14. The molecule has 0 spiro atoms. The van der Waals surface area contributed by atoms with Crippen molar-refractivity contribution in [1.29, 1.82) is 0 Å². The van der Waals surface area contributed by atoms with Crippen LogP contribution in [0.25, 0.3) is 0 Å². The first-order valence-corrected chi connectivity index (χ1v) is 9.23. The van der Waals surface area contributed by atoms with Crippen molar-refractivity contribution in [3.05, 3.63) is 53.3 Å². The van der Waals surface area contributed by atoms with E-state index < -0.39 is 12.1 Å². The van der Waals surface area contributed by atoms with E-state index in [0.717, 1.165) is 16.8 Å². The second-order valence-corrected chi connectivity index (χ2v) is 6.68.